The maximum atomic E-state index is 13.2. The van der Waals surface area contributed by atoms with Gasteiger partial charge in [0.05, 0.1) is 0 Å². The molecule has 3 aliphatic rings. The van der Waals surface area contributed by atoms with Crippen molar-refractivity contribution in [2.75, 3.05) is 44.2 Å². The number of carbonyl (C=O) groups excluding carboxylic acids is 1. The Hall–Kier alpha value is -1.79. The van der Waals surface area contributed by atoms with E-state index in [4.69, 9.17) is 16.0 Å². The maximum Gasteiger partial charge on any atom is 0.298 e. The second-order valence-electron chi connectivity index (χ2n) is 8.34. The average Bonchev–Trinajstić information content (AvgIpc) is 3.28. The van der Waals surface area contributed by atoms with Crippen LogP contribution in [0.15, 0.2) is 22.6 Å². The van der Waals surface area contributed by atoms with Crippen molar-refractivity contribution in [1.82, 2.24) is 14.8 Å². The predicted molar refractivity (Wildman–Crippen MR) is 110 cm³/mol. The predicted octanol–water partition coefficient (Wildman–Crippen LogP) is 3.39. The summed E-state index contributed by atoms with van der Waals surface area (Å²) in [7, 11) is 0. The van der Waals surface area contributed by atoms with Gasteiger partial charge in [-0.15, -0.1) is 0 Å². The Kier molecular flexibility index (Phi) is 4.93. The van der Waals surface area contributed by atoms with Gasteiger partial charge in [0, 0.05) is 55.8 Å². The van der Waals surface area contributed by atoms with Gasteiger partial charge in [-0.1, -0.05) is 11.6 Å². The van der Waals surface area contributed by atoms with Crippen LogP contribution in [0.5, 0.6) is 0 Å². The second kappa shape index (κ2) is 7.56. The molecule has 0 aliphatic carbocycles. The Morgan fingerprint density at radius 1 is 1.07 bits per heavy atom. The molecule has 1 amide bonds. The molecule has 0 unspecified atom stereocenters. The van der Waals surface area contributed by atoms with Gasteiger partial charge >= 0.3 is 0 Å². The quantitative estimate of drug-likeness (QED) is 0.770. The molecular weight excluding hydrogens is 376 g/mol. The molecule has 4 heterocycles. The molecule has 0 bridgehead atoms. The summed E-state index contributed by atoms with van der Waals surface area (Å²) in [6.45, 7) is 5.80. The summed E-state index contributed by atoms with van der Waals surface area (Å²) in [6.07, 6.45) is 5.35. The third kappa shape index (κ3) is 3.48. The van der Waals surface area contributed by atoms with E-state index in [2.05, 4.69) is 19.7 Å². The molecule has 0 spiro atoms. The number of rotatable bonds is 2. The van der Waals surface area contributed by atoms with Crippen LogP contribution in [0.3, 0.4) is 0 Å². The lowest BCUT2D eigenvalue weighted by molar-refractivity contribution is -0.136. The molecule has 7 heteroatoms. The van der Waals surface area contributed by atoms with Crippen LogP contribution < -0.4 is 4.90 Å². The van der Waals surface area contributed by atoms with E-state index in [1.807, 2.05) is 12.1 Å². The Bertz CT molecular complexity index is 861. The van der Waals surface area contributed by atoms with E-state index < -0.39 is 0 Å². The molecule has 28 heavy (non-hydrogen) atoms. The topological polar surface area (TPSA) is 52.8 Å². The van der Waals surface area contributed by atoms with Gasteiger partial charge in [-0.25, -0.2) is 0 Å². The highest BCUT2D eigenvalue weighted by Crippen LogP contribution is 2.29. The zero-order valence-corrected chi connectivity index (χ0v) is 16.9. The molecule has 1 atom stereocenters. The number of carbonyl (C=O) groups is 1. The number of oxazole rings is 1. The first-order chi connectivity index (χ1) is 13.7. The van der Waals surface area contributed by atoms with Crippen molar-refractivity contribution in [1.29, 1.82) is 0 Å². The molecule has 3 fully saturated rings. The van der Waals surface area contributed by atoms with Crippen LogP contribution in [0.2, 0.25) is 5.02 Å². The molecule has 2 aromatic rings. The minimum atomic E-state index is 0.128. The van der Waals surface area contributed by atoms with Crippen molar-refractivity contribution < 1.29 is 9.21 Å². The molecule has 0 N–H and O–H groups in total. The fraction of sp³-hybridized carbons (Fsp3) is 0.619. The lowest BCUT2D eigenvalue weighted by atomic mass is 9.95. The van der Waals surface area contributed by atoms with Gasteiger partial charge in [0.1, 0.15) is 5.52 Å². The fourth-order valence-electron chi connectivity index (χ4n) is 5.00. The number of aromatic nitrogens is 1. The monoisotopic (exact) mass is 402 g/mol. The molecule has 5 rings (SSSR count). The third-order valence-electron chi connectivity index (χ3n) is 6.57. The molecule has 0 radical (unpaired) electrons. The third-order valence-corrected chi connectivity index (χ3v) is 6.80. The van der Waals surface area contributed by atoms with E-state index >= 15 is 0 Å². The van der Waals surface area contributed by atoms with Crippen molar-refractivity contribution in [3.63, 3.8) is 0 Å². The highest BCUT2D eigenvalue weighted by atomic mass is 35.5. The number of amides is 1. The van der Waals surface area contributed by atoms with E-state index in [-0.39, 0.29) is 5.92 Å². The Morgan fingerprint density at radius 2 is 1.89 bits per heavy atom. The Balaban J connectivity index is 1.22. The van der Waals surface area contributed by atoms with Gasteiger partial charge in [-0.05, 0) is 50.8 Å². The number of benzene rings is 1. The van der Waals surface area contributed by atoms with Crippen LogP contribution in [0.1, 0.15) is 32.1 Å². The maximum absolute atomic E-state index is 13.2. The number of anilines is 1. The fourth-order valence-corrected chi connectivity index (χ4v) is 5.17. The normalized spacial score (nSPS) is 24.5. The van der Waals surface area contributed by atoms with Crippen molar-refractivity contribution in [2.45, 2.75) is 38.1 Å². The highest BCUT2D eigenvalue weighted by Gasteiger charge is 2.34. The second-order valence-corrected chi connectivity index (χ2v) is 8.78. The van der Waals surface area contributed by atoms with Gasteiger partial charge in [-0.3, -0.25) is 9.69 Å². The zero-order valence-electron chi connectivity index (χ0n) is 16.1. The van der Waals surface area contributed by atoms with Gasteiger partial charge in [0.15, 0.2) is 5.58 Å². The van der Waals surface area contributed by atoms with Gasteiger partial charge in [-0.2, -0.15) is 4.98 Å². The Labute approximate surface area is 170 Å². The first-order valence-corrected chi connectivity index (χ1v) is 10.9. The molecule has 6 nitrogen and oxygen atoms in total. The highest BCUT2D eigenvalue weighted by molar-refractivity contribution is 6.31. The summed E-state index contributed by atoms with van der Waals surface area (Å²) >= 11 is 6.04. The largest absolute Gasteiger partial charge is 0.423 e. The SMILES string of the molecule is O=C(C1CCN(c2nc3ccc(Cl)cc3o2)CC1)N1CCCN2CCC[C@H]2C1. The van der Waals surface area contributed by atoms with Crippen molar-refractivity contribution in [2.24, 2.45) is 5.92 Å². The van der Waals surface area contributed by atoms with E-state index in [0.717, 1.165) is 57.5 Å². The smallest absolute Gasteiger partial charge is 0.298 e. The summed E-state index contributed by atoms with van der Waals surface area (Å²) in [4.78, 5) is 24.6. The molecule has 3 saturated heterocycles. The molecule has 150 valence electrons. The van der Waals surface area contributed by atoms with Crippen LogP contribution in [-0.2, 0) is 4.79 Å². The first-order valence-electron chi connectivity index (χ1n) is 10.5. The number of nitrogens with zero attached hydrogens (tertiary/aromatic N) is 4. The van der Waals surface area contributed by atoms with Crippen LogP contribution in [0.4, 0.5) is 6.01 Å². The summed E-state index contributed by atoms with van der Waals surface area (Å²) < 4.78 is 5.89. The summed E-state index contributed by atoms with van der Waals surface area (Å²) in [5, 5.41) is 0.651. The van der Waals surface area contributed by atoms with Crippen LogP contribution in [0.25, 0.3) is 11.1 Å². The Morgan fingerprint density at radius 3 is 2.75 bits per heavy atom. The molecule has 1 aromatic heterocycles. The van der Waals surface area contributed by atoms with Crippen molar-refractivity contribution in [3.8, 4) is 0 Å². The lowest BCUT2D eigenvalue weighted by Crippen LogP contribution is -2.45. The number of halogens is 1. The van der Waals surface area contributed by atoms with Gasteiger partial charge in [0.2, 0.25) is 5.91 Å². The van der Waals surface area contributed by atoms with Crippen LogP contribution in [0, 0.1) is 5.92 Å². The van der Waals surface area contributed by atoms with Crippen LogP contribution in [-0.4, -0.2) is 66.0 Å². The van der Waals surface area contributed by atoms with Crippen molar-refractivity contribution >= 4 is 34.6 Å². The minimum Gasteiger partial charge on any atom is -0.423 e. The summed E-state index contributed by atoms with van der Waals surface area (Å²) in [5.74, 6) is 0.487. The van der Waals surface area contributed by atoms with E-state index in [1.165, 1.54) is 19.4 Å². The van der Waals surface area contributed by atoms with Crippen molar-refractivity contribution in [3.05, 3.63) is 23.2 Å². The van der Waals surface area contributed by atoms with E-state index in [1.54, 1.807) is 6.07 Å². The molecule has 0 saturated carbocycles. The van der Waals surface area contributed by atoms with Crippen LogP contribution >= 0.6 is 11.6 Å². The molecular formula is C21H27ClN4O2. The average molecular weight is 403 g/mol. The molecule has 3 aliphatic heterocycles. The standard InChI is InChI=1S/C21H27ClN4O2/c22-16-4-5-18-19(13-16)28-21(23-18)25-11-6-15(7-12-25)20(27)26-10-2-9-24-8-1-3-17(24)14-26/h4-5,13,15,17H,1-3,6-12,14H2/t17-/m0/s1. The van der Waals surface area contributed by atoms with Gasteiger partial charge < -0.3 is 14.2 Å². The number of hydrogen-bond acceptors (Lipinski definition) is 5. The van der Waals surface area contributed by atoms with E-state index in [0.29, 0.717) is 28.6 Å². The lowest BCUT2D eigenvalue weighted by Gasteiger charge is -2.34. The minimum absolute atomic E-state index is 0.128. The summed E-state index contributed by atoms with van der Waals surface area (Å²) in [6, 6.07) is 6.73. The number of hydrogen-bond donors (Lipinski definition) is 0. The number of fused-ring (bicyclic) bond motifs is 2. The molecule has 1 aromatic carbocycles. The number of piperidine rings is 1. The van der Waals surface area contributed by atoms with E-state index in [9.17, 15) is 4.79 Å². The zero-order chi connectivity index (χ0) is 19.1. The summed E-state index contributed by atoms with van der Waals surface area (Å²) in [5.41, 5.74) is 1.54. The van der Waals surface area contributed by atoms with Gasteiger partial charge in [0.25, 0.3) is 6.01 Å². The first kappa shape index (κ1) is 18.3.